The molecule has 1 saturated heterocycles. The Balaban J connectivity index is 1.51. The van der Waals surface area contributed by atoms with Gasteiger partial charge in [-0.25, -0.2) is 4.79 Å². The predicted octanol–water partition coefficient (Wildman–Crippen LogP) is 4.86. The Labute approximate surface area is 220 Å². The Morgan fingerprint density at radius 3 is 2.46 bits per heavy atom. The van der Waals surface area contributed by atoms with Crippen molar-refractivity contribution in [3.05, 3.63) is 64.7 Å². The summed E-state index contributed by atoms with van der Waals surface area (Å²) in [5, 5.41) is 7.80. The number of methoxy groups -OCH3 is 1. The molecule has 3 N–H and O–H groups in total. The molecule has 3 atom stereocenters. The summed E-state index contributed by atoms with van der Waals surface area (Å²) in [6.45, 7) is 6.36. The first-order chi connectivity index (χ1) is 17.8. The molecule has 2 aromatic carbocycles. The molecule has 2 aliphatic heterocycles. The van der Waals surface area contributed by atoms with Crippen molar-refractivity contribution in [2.45, 2.75) is 76.8 Å². The number of nitrogens with zero attached hydrogens (tertiary/aromatic N) is 2. The van der Waals surface area contributed by atoms with Crippen molar-refractivity contribution in [3.63, 3.8) is 0 Å². The first kappa shape index (κ1) is 26.9. The summed E-state index contributed by atoms with van der Waals surface area (Å²) in [5.41, 5.74) is 9.46. The number of piperidine rings is 1. The van der Waals surface area contributed by atoms with Crippen molar-refractivity contribution >= 4 is 23.4 Å². The van der Waals surface area contributed by atoms with Crippen molar-refractivity contribution in [3.8, 4) is 0 Å². The summed E-state index contributed by atoms with van der Waals surface area (Å²) in [6, 6.07) is 14.2. The SMILES string of the molecule is COC(=O)c1ccc2c(c1)N(CCCCCN1[C@H](C)CCC[C@@H]1C)C(=O)C(c1cccc(C(=N)N)c1)C2. The Morgan fingerprint density at radius 2 is 1.76 bits per heavy atom. The minimum absolute atomic E-state index is 0.0116. The molecule has 4 rings (SSSR count). The number of carbonyl (C=O) groups excluding carboxylic acids is 2. The molecule has 1 unspecified atom stereocenters. The van der Waals surface area contributed by atoms with E-state index in [1.165, 1.54) is 26.4 Å². The van der Waals surface area contributed by atoms with Crippen molar-refractivity contribution in [2.75, 3.05) is 25.1 Å². The average Bonchev–Trinajstić information content (AvgIpc) is 2.90. The van der Waals surface area contributed by atoms with E-state index in [2.05, 4.69) is 18.7 Å². The molecule has 0 aliphatic carbocycles. The molecule has 2 heterocycles. The molecule has 2 aromatic rings. The van der Waals surface area contributed by atoms with Gasteiger partial charge < -0.3 is 15.4 Å². The van der Waals surface area contributed by atoms with Crippen LogP contribution in [0.25, 0.3) is 0 Å². The van der Waals surface area contributed by atoms with E-state index in [0.717, 1.165) is 42.6 Å². The molecular formula is C30H40N4O3. The lowest BCUT2D eigenvalue weighted by Crippen LogP contribution is -2.44. The standard InChI is InChI=1S/C30H40N4O3/c1-20-9-7-10-21(2)33(20)15-5-4-6-16-34-27-19-25(30(36)37-3)14-13-23(27)18-26(29(34)35)22-11-8-12-24(17-22)28(31)32/h8,11-14,17,19-21,26H,4-7,9-10,15-16,18H2,1-3H3,(H3,31,32)/t20-,21+,26?. The zero-order valence-corrected chi connectivity index (χ0v) is 22.3. The Kier molecular flexibility index (Phi) is 8.64. The van der Waals surface area contributed by atoms with Crippen molar-refractivity contribution < 1.29 is 14.3 Å². The van der Waals surface area contributed by atoms with Crippen LogP contribution in [0.5, 0.6) is 0 Å². The van der Waals surface area contributed by atoms with Gasteiger partial charge in [-0.05, 0) is 81.8 Å². The van der Waals surface area contributed by atoms with Crippen LogP contribution >= 0.6 is 0 Å². The fraction of sp³-hybridized carbons (Fsp3) is 0.500. The molecule has 37 heavy (non-hydrogen) atoms. The summed E-state index contributed by atoms with van der Waals surface area (Å²) in [4.78, 5) is 30.5. The van der Waals surface area contributed by atoms with E-state index in [-0.39, 0.29) is 17.7 Å². The monoisotopic (exact) mass is 504 g/mol. The smallest absolute Gasteiger partial charge is 0.337 e. The summed E-state index contributed by atoms with van der Waals surface area (Å²) in [7, 11) is 1.37. The summed E-state index contributed by atoms with van der Waals surface area (Å²) >= 11 is 0. The maximum atomic E-state index is 13.8. The molecule has 7 nitrogen and oxygen atoms in total. The number of anilines is 1. The van der Waals surface area contributed by atoms with Crippen LogP contribution < -0.4 is 10.6 Å². The van der Waals surface area contributed by atoms with Crippen molar-refractivity contribution in [2.24, 2.45) is 5.73 Å². The largest absolute Gasteiger partial charge is 0.465 e. The van der Waals surface area contributed by atoms with Crippen LogP contribution in [-0.2, 0) is 16.0 Å². The van der Waals surface area contributed by atoms with Crippen LogP contribution in [0, 0.1) is 5.41 Å². The summed E-state index contributed by atoms with van der Waals surface area (Å²) in [5.74, 6) is -0.752. The van der Waals surface area contributed by atoms with Crippen molar-refractivity contribution in [1.82, 2.24) is 4.90 Å². The number of esters is 1. The summed E-state index contributed by atoms with van der Waals surface area (Å²) < 4.78 is 4.92. The highest BCUT2D eigenvalue weighted by atomic mass is 16.5. The van der Waals surface area contributed by atoms with Gasteiger partial charge in [0.25, 0.3) is 0 Å². The Morgan fingerprint density at radius 1 is 1.03 bits per heavy atom. The molecular weight excluding hydrogens is 464 g/mol. The highest BCUT2D eigenvalue weighted by molar-refractivity contribution is 6.03. The van der Waals surface area contributed by atoms with Gasteiger partial charge in [0.1, 0.15) is 5.84 Å². The second-order valence-electron chi connectivity index (χ2n) is 10.5. The zero-order chi connectivity index (χ0) is 26.5. The van der Waals surface area contributed by atoms with E-state index in [1.807, 2.05) is 29.2 Å². The Bertz CT molecular complexity index is 1140. The number of amides is 1. The number of rotatable bonds is 9. The molecule has 1 amide bonds. The van der Waals surface area contributed by atoms with Crippen LogP contribution in [0.3, 0.4) is 0 Å². The first-order valence-corrected chi connectivity index (χ1v) is 13.5. The van der Waals surface area contributed by atoms with Crippen LogP contribution in [0.15, 0.2) is 42.5 Å². The number of fused-ring (bicyclic) bond motifs is 1. The average molecular weight is 505 g/mol. The predicted molar refractivity (Wildman–Crippen MR) is 147 cm³/mol. The van der Waals surface area contributed by atoms with Gasteiger partial charge in [0.05, 0.1) is 18.6 Å². The number of amidine groups is 1. The lowest BCUT2D eigenvalue weighted by molar-refractivity contribution is -0.120. The third-order valence-electron chi connectivity index (χ3n) is 8.06. The molecule has 7 heteroatoms. The number of unbranched alkanes of at least 4 members (excludes halogenated alkanes) is 2. The second kappa shape index (κ2) is 11.9. The van der Waals surface area contributed by atoms with Crippen molar-refractivity contribution in [1.29, 1.82) is 5.41 Å². The number of nitrogens with one attached hydrogen (secondary N) is 1. The van der Waals surface area contributed by atoms with E-state index in [1.54, 1.807) is 18.2 Å². The van der Waals surface area contributed by atoms with E-state index in [0.29, 0.717) is 36.2 Å². The Hall–Kier alpha value is -3.19. The highest BCUT2D eigenvalue weighted by Gasteiger charge is 2.34. The molecule has 0 radical (unpaired) electrons. The third kappa shape index (κ3) is 6.04. The van der Waals surface area contributed by atoms with Gasteiger partial charge in [0.15, 0.2) is 0 Å². The molecule has 1 fully saturated rings. The normalized spacial score (nSPS) is 22.0. The molecule has 0 saturated carbocycles. The van der Waals surface area contributed by atoms with E-state index < -0.39 is 5.97 Å². The summed E-state index contributed by atoms with van der Waals surface area (Å²) in [6.07, 6.45) is 7.45. The van der Waals surface area contributed by atoms with Gasteiger partial charge in [-0.3, -0.25) is 15.1 Å². The fourth-order valence-corrected chi connectivity index (χ4v) is 5.92. The highest BCUT2D eigenvalue weighted by Crippen LogP contribution is 2.37. The van der Waals surface area contributed by atoms with Gasteiger partial charge in [-0.2, -0.15) is 0 Å². The number of nitrogens with two attached hydrogens (primary N) is 1. The van der Waals surface area contributed by atoms with Crippen LogP contribution in [0.4, 0.5) is 5.69 Å². The minimum Gasteiger partial charge on any atom is -0.465 e. The first-order valence-electron chi connectivity index (χ1n) is 13.5. The number of benzene rings is 2. The van der Waals surface area contributed by atoms with Gasteiger partial charge in [-0.1, -0.05) is 37.1 Å². The van der Waals surface area contributed by atoms with Crippen LogP contribution in [0.2, 0.25) is 0 Å². The number of nitrogen functional groups attached to an aromatic ring is 1. The molecule has 2 aliphatic rings. The number of hydrogen-bond acceptors (Lipinski definition) is 5. The second-order valence-corrected chi connectivity index (χ2v) is 10.5. The van der Waals surface area contributed by atoms with Gasteiger partial charge in [0.2, 0.25) is 5.91 Å². The number of ether oxygens (including phenoxy) is 1. The van der Waals surface area contributed by atoms with Gasteiger partial charge >= 0.3 is 5.97 Å². The maximum absolute atomic E-state index is 13.8. The lowest BCUT2D eigenvalue weighted by atomic mass is 9.85. The number of likely N-dealkylation sites (tertiary alicyclic amines) is 1. The van der Waals surface area contributed by atoms with Crippen LogP contribution in [-0.4, -0.2) is 54.9 Å². The van der Waals surface area contributed by atoms with Crippen LogP contribution in [0.1, 0.15) is 85.3 Å². The third-order valence-corrected chi connectivity index (χ3v) is 8.06. The minimum atomic E-state index is -0.406. The number of carbonyl (C=O) groups is 2. The van der Waals surface area contributed by atoms with Gasteiger partial charge in [0, 0.05) is 29.9 Å². The van der Waals surface area contributed by atoms with Gasteiger partial charge in [-0.15, -0.1) is 0 Å². The quantitative estimate of drug-likeness (QED) is 0.220. The zero-order valence-electron chi connectivity index (χ0n) is 22.3. The lowest BCUT2D eigenvalue weighted by Gasteiger charge is -2.39. The molecule has 0 aromatic heterocycles. The van der Waals surface area contributed by atoms with E-state index in [9.17, 15) is 9.59 Å². The topological polar surface area (TPSA) is 99.7 Å². The molecule has 0 bridgehead atoms. The number of hydrogen-bond donors (Lipinski definition) is 2. The molecule has 198 valence electrons. The van der Waals surface area contributed by atoms with E-state index in [4.69, 9.17) is 15.9 Å². The van der Waals surface area contributed by atoms with E-state index >= 15 is 0 Å². The fourth-order valence-electron chi connectivity index (χ4n) is 5.92. The molecule has 0 spiro atoms. The maximum Gasteiger partial charge on any atom is 0.337 e.